The molecule has 0 radical (unpaired) electrons. The first-order chi connectivity index (χ1) is 9.41. The molecule has 3 rings (SSSR count). The van der Waals surface area contributed by atoms with Gasteiger partial charge in [0.1, 0.15) is 25.2 Å². The van der Waals surface area contributed by atoms with E-state index >= 15 is 0 Å². The molecule has 2 atom stereocenters. The van der Waals surface area contributed by atoms with E-state index in [9.17, 15) is 19.2 Å². The van der Waals surface area contributed by atoms with E-state index in [-0.39, 0.29) is 24.6 Å². The number of fused-ring (bicyclic) bond motifs is 7. The van der Waals surface area contributed by atoms with Gasteiger partial charge in [0.2, 0.25) is 11.8 Å². The number of carboxylic acids is 2. The zero-order valence-electron chi connectivity index (χ0n) is 10.2. The number of aliphatic carboxylic acids is 2. The molecule has 0 aromatic heterocycles. The lowest BCUT2D eigenvalue weighted by molar-refractivity contribution is -0.163. The number of carbonyl (C=O) groups excluding carboxylic acids is 2. The number of hydrogen-bond acceptors (Lipinski definition) is 6. The average molecular weight is 320 g/mol. The van der Waals surface area contributed by atoms with Crippen molar-refractivity contribution in [2.45, 2.75) is 12.1 Å². The summed E-state index contributed by atoms with van der Waals surface area (Å²) in [5.74, 6) is -3.16. The van der Waals surface area contributed by atoms with Crippen LogP contribution in [-0.2, 0) is 19.2 Å². The molecule has 3 aliphatic rings. The van der Waals surface area contributed by atoms with Crippen LogP contribution in [0.25, 0.3) is 0 Å². The zero-order valence-corrected chi connectivity index (χ0v) is 11.9. The zero-order chi connectivity index (χ0) is 14.9. The highest BCUT2D eigenvalue weighted by Crippen LogP contribution is 2.29. The highest BCUT2D eigenvalue weighted by molar-refractivity contribution is 8.76. The van der Waals surface area contributed by atoms with Gasteiger partial charge in [-0.25, -0.2) is 9.59 Å². The minimum Gasteiger partial charge on any atom is -0.480 e. The normalized spacial score (nSPS) is 27.6. The van der Waals surface area contributed by atoms with Gasteiger partial charge in [-0.05, 0) is 0 Å². The Kier molecular flexibility index (Phi) is 4.43. The summed E-state index contributed by atoms with van der Waals surface area (Å²) in [5.41, 5.74) is 0. The molecule has 110 valence electrons. The molecule has 2 amide bonds. The van der Waals surface area contributed by atoms with Gasteiger partial charge >= 0.3 is 11.9 Å². The Hall–Kier alpha value is -1.42. The molecule has 0 spiro atoms. The first-order valence-electron chi connectivity index (χ1n) is 5.70. The van der Waals surface area contributed by atoms with Gasteiger partial charge in [-0.3, -0.25) is 9.59 Å². The van der Waals surface area contributed by atoms with E-state index < -0.39 is 35.8 Å². The molecule has 2 N–H and O–H groups in total. The van der Waals surface area contributed by atoms with Crippen molar-refractivity contribution in [1.82, 2.24) is 9.80 Å². The van der Waals surface area contributed by atoms with Crippen molar-refractivity contribution in [3.63, 3.8) is 0 Å². The molecule has 10 heteroatoms. The summed E-state index contributed by atoms with van der Waals surface area (Å²) in [7, 11) is 2.39. The second kappa shape index (κ2) is 5.92. The lowest BCUT2D eigenvalue weighted by Crippen LogP contribution is -2.63. The third kappa shape index (κ3) is 2.85. The Labute approximate surface area is 121 Å². The number of amides is 2. The van der Waals surface area contributed by atoms with Crippen LogP contribution in [0.2, 0.25) is 0 Å². The molecule has 20 heavy (non-hydrogen) atoms. The van der Waals surface area contributed by atoms with Gasteiger partial charge < -0.3 is 20.0 Å². The Bertz CT molecular complexity index is 429. The van der Waals surface area contributed by atoms with E-state index in [2.05, 4.69) is 0 Å². The SMILES string of the molecule is O=C(O)C1CSSCC(C(=O)O)N2CC(=O)N1CC2=O. The maximum atomic E-state index is 12.0. The molecule has 0 saturated carbocycles. The lowest BCUT2D eigenvalue weighted by atomic mass is 10.1. The number of carbonyl (C=O) groups is 4. The molecular weight excluding hydrogens is 308 g/mol. The van der Waals surface area contributed by atoms with Crippen molar-refractivity contribution < 1.29 is 29.4 Å². The number of carboxylic acid groups (broad SMARTS) is 2. The van der Waals surface area contributed by atoms with Gasteiger partial charge in [0.05, 0.1) is 0 Å². The van der Waals surface area contributed by atoms with Crippen LogP contribution in [0.15, 0.2) is 0 Å². The summed E-state index contributed by atoms with van der Waals surface area (Å²) in [6.45, 7) is -0.768. The highest BCUT2D eigenvalue weighted by atomic mass is 33.1. The molecule has 0 aromatic rings. The predicted octanol–water partition coefficient (Wildman–Crippen LogP) is -1.04. The Morgan fingerprint density at radius 3 is 1.55 bits per heavy atom. The maximum Gasteiger partial charge on any atom is 0.327 e. The van der Waals surface area contributed by atoms with E-state index in [4.69, 9.17) is 10.2 Å². The molecule has 2 unspecified atom stereocenters. The van der Waals surface area contributed by atoms with E-state index in [1.54, 1.807) is 0 Å². The second-order valence-corrected chi connectivity index (χ2v) is 6.87. The van der Waals surface area contributed by atoms with Crippen molar-refractivity contribution >= 4 is 45.3 Å². The smallest absolute Gasteiger partial charge is 0.327 e. The van der Waals surface area contributed by atoms with Crippen LogP contribution in [0.4, 0.5) is 0 Å². The monoisotopic (exact) mass is 320 g/mol. The van der Waals surface area contributed by atoms with E-state index in [0.29, 0.717) is 0 Å². The highest BCUT2D eigenvalue weighted by Gasteiger charge is 2.42. The van der Waals surface area contributed by atoms with Crippen molar-refractivity contribution in [3.05, 3.63) is 0 Å². The summed E-state index contributed by atoms with van der Waals surface area (Å²) in [6.07, 6.45) is 0. The molecule has 0 aliphatic carbocycles. The summed E-state index contributed by atoms with van der Waals surface area (Å²) >= 11 is 0. The third-order valence-electron chi connectivity index (χ3n) is 3.11. The van der Waals surface area contributed by atoms with Crippen LogP contribution in [0.1, 0.15) is 0 Å². The Morgan fingerprint density at radius 2 is 1.25 bits per heavy atom. The topological polar surface area (TPSA) is 115 Å². The van der Waals surface area contributed by atoms with E-state index in [1.165, 1.54) is 21.6 Å². The molecule has 3 aliphatic heterocycles. The molecule has 3 fully saturated rings. The summed E-state index contributed by atoms with van der Waals surface area (Å²) in [6, 6.07) is -2.13. The number of hydrogen-bond donors (Lipinski definition) is 2. The van der Waals surface area contributed by atoms with Crippen LogP contribution in [0.3, 0.4) is 0 Å². The van der Waals surface area contributed by atoms with Gasteiger partial charge in [0.25, 0.3) is 0 Å². The van der Waals surface area contributed by atoms with Crippen LogP contribution in [0.5, 0.6) is 0 Å². The molecule has 0 aromatic carbocycles. The number of rotatable bonds is 2. The molecule has 3 saturated heterocycles. The fourth-order valence-electron chi connectivity index (χ4n) is 2.03. The van der Waals surface area contributed by atoms with Crippen molar-refractivity contribution in [1.29, 1.82) is 0 Å². The average Bonchev–Trinajstić information content (AvgIpc) is 2.37. The van der Waals surface area contributed by atoms with Gasteiger partial charge in [0, 0.05) is 11.5 Å². The fourth-order valence-corrected chi connectivity index (χ4v) is 4.48. The molecule has 8 nitrogen and oxygen atoms in total. The van der Waals surface area contributed by atoms with E-state index in [0.717, 1.165) is 9.80 Å². The predicted molar refractivity (Wildman–Crippen MR) is 71.2 cm³/mol. The van der Waals surface area contributed by atoms with E-state index in [1.807, 2.05) is 0 Å². The van der Waals surface area contributed by atoms with Gasteiger partial charge in [-0.15, -0.1) is 0 Å². The summed E-state index contributed by atoms with van der Waals surface area (Å²) < 4.78 is 0. The standard InChI is InChI=1S/C10H12N2O6S2/c13-7-1-11-5(9(15)16)3-19-20-4-6(10(17)18)12(7)2-8(11)14/h5-6H,1-4H2,(H,15,16)(H,17,18). The van der Waals surface area contributed by atoms with Crippen LogP contribution in [0, 0.1) is 0 Å². The number of piperazine rings is 1. The fraction of sp³-hybridized carbons (Fsp3) is 0.600. The molecule has 3 heterocycles. The van der Waals surface area contributed by atoms with Crippen LogP contribution in [-0.4, -0.2) is 80.4 Å². The minimum atomic E-state index is -1.16. The summed E-state index contributed by atoms with van der Waals surface area (Å²) in [4.78, 5) is 48.4. The molecular formula is C10H12N2O6S2. The first-order valence-corrected chi connectivity index (χ1v) is 8.19. The first kappa shape index (κ1) is 15.0. The minimum absolute atomic E-state index is 0.116. The van der Waals surface area contributed by atoms with Crippen LogP contribution >= 0.6 is 21.6 Å². The third-order valence-corrected chi connectivity index (χ3v) is 5.50. The Balaban J connectivity index is 2.30. The van der Waals surface area contributed by atoms with Crippen molar-refractivity contribution in [3.8, 4) is 0 Å². The lowest BCUT2D eigenvalue weighted by Gasteiger charge is -2.40. The summed E-state index contributed by atoms with van der Waals surface area (Å²) in [5, 5.41) is 18.3. The maximum absolute atomic E-state index is 12.0. The second-order valence-electron chi connectivity index (χ2n) is 4.32. The van der Waals surface area contributed by atoms with Crippen molar-refractivity contribution in [2.75, 3.05) is 24.6 Å². The number of nitrogens with zero attached hydrogens (tertiary/aromatic N) is 2. The van der Waals surface area contributed by atoms with Gasteiger partial charge in [-0.1, -0.05) is 21.6 Å². The quantitative estimate of drug-likeness (QED) is 0.620. The largest absolute Gasteiger partial charge is 0.480 e. The van der Waals surface area contributed by atoms with Gasteiger partial charge in [-0.2, -0.15) is 0 Å². The Morgan fingerprint density at radius 1 is 0.900 bits per heavy atom. The van der Waals surface area contributed by atoms with Crippen LogP contribution < -0.4 is 0 Å². The molecule has 2 bridgehead atoms. The van der Waals surface area contributed by atoms with Crippen molar-refractivity contribution in [2.24, 2.45) is 0 Å². The van der Waals surface area contributed by atoms with Gasteiger partial charge in [0.15, 0.2) is 0 Å².